The molecule has 1 fully saturated rings. The van der Waals surface area contributed by atoms with Crippen molar-refractivity contribution in [2.45, 2.75) is 30.7 Å². The van der Waals surface area contributed by atoms with Crippen LogP contribution in [0.4, 0.5) is 0 Å². The first-order valence-corrected chi connectivity index (χ1v) is 10.8. The lowest BCUT2D eigenvalue weighted by Gasteiger charge is -2.27. The molecule has 1 aromatic carbocycles. The van der Waals surface area contributed by atoms with E-state index in [1.807, 2.05) is 6.92 Å². The molecule has 2 rings (SSSR count). The Labute approximate surface area is 134 Å². The van der Waals surface area contributed by atoms with Crippen molar-refractivity contribution in [3.8, 4) is 0 Å². The van der Waals surface area contributed by atoms with Gasteiger partial charge < -0.3 is 0 Å². The van der Waals surface area contributed by atoms with Gasteiger partial charge in [-0.05, 0) is 37.1 Å². The van der Waals surface area contributed by atoms with E-state index < -0.39 is 25.9 Å². The van der Waals surface area contributed by atoms with Crippen LogP contribution >= 0.6 is 15.9 Å². The van der Waals surface area contributed by atoms with Crippen LogP contribution in [-0.4, -0.2) is 45.2 Å². The van der Waals surface area contributed by atoms with E-state index >= 15 is 0 Å². The Bertz CT molecular complexity index is 698. The number of nitrogens with zero attached hydrogens (tertiary/aromatic N) is 1. The lowest BCUT2D eigenvalue weighted by Crippen LogP contribution is -2.41. The highest BCUT2D eigenvalue weighted by Gasteiger charge is 2.38. The summed E-state index contributed by atoms with van der Waals surface area (Å²) in [6.07, 6.45) is 1.02. The van der Waals surface area contributed by atoms with Crippen LogP contribution in [0.5, 0.6) is 0 Å². The van der Waals surface area contributed by atoms with Gasteiger partial charge in [0.2, 0.25) is 10.0 Å². The molecule has 1 aromatic rings. The first kappa shape index (κ1) is 16.9. The van der Waals surface area contributed by atoms with Crippen LogP contribution in [0, 0.1) is 0 Å². The van der Waals surface area contributed by atoms with E-state index in [2.05, 4.69) is 15.9 Å². The van der Waals surface area contributed by atoms with Crippen molar-refractivity contribution in [2.24, 2.45) is 0 Å². The van der Waals surface area contributed by atoms with Gasteiger partial charge in [0.1, 0.15) is 0 Å². The standard InChI is InChI=1S/C13H18BrNO4S2/c1-2-8-15(12-7-9-20(16,17)10-12)21(18,19)13-5-3-11(14)4-6-13/h3-6,12H,2,7-10H2,1H3/t12-/m0/s1. The van der Waals surface area contributed by atoms with E-state index in [0.29, 0.717) is 19.4 Å². The summed E-state index contributed by atoms with van der Waals surface area (Å²) in [4.78, 5) is 0.198. The molecule has 21 heavy (non-hydrogen) atoms. The average Bonchev–Trinajstić information content (AvgIpc) is 2.76. The molecule has 5 nitrogen and oxygen atoms in total. The Hall–Kier alpha value is -0.440. The SMILES string of the molecule is CCCN([C@H]1CCS(=O)(=O)C1)S(=O)(=O)c1ccc(Br)cc1. The molecule has 1 aliphatic heterocycles. The van der Waals surface area contributed by atoms with Crippen molar-refractivity contribution >= 4 is 35.8 Å². The van der Waals surface area contributed by atoms with E-state index in [0.717, 1.165) is 4.47 Å². The largest absolute Gasteiger partial charge is 0.243 e. The van der Waals surface area contributed by atoms with Crippen molar-refractivity contribution in [3.63, 3.8) is 0 Å². The van der Waals surface area contributed by atoms with E-state index in [9.17, 15) is 16.8 Å². The Morgan fingerprint density at radius 1 is 1.29 bits per heavy atom. The molecule has 1 heterocycles. The highest BCUT2D eigenvalue weighted by Crippen LogP contribution is 2.26. The monoisotopic (exact) mass is 395 g/mol. The highest BCUT2D eigenvalue weighted by atomic mass is 79.9. The highest BCUT2D eigenvalue weighted by molar-refractivity contribution is 9.10. The summed E-state index contributed by atoms with van der Waals surface area (Å²) >= 11 is 3.27. The molecular weight excluding hydrogens is 378 g/mol. The van der Waals surface area contributed by atoms with E-state index in [-0.39, 0.29) is 16.4 Å². The number of sulfone groups is 1. The van der Waals surface area contributed by atoms with Crippen LogP contribution in [-0.2, 0) is 19.9 Å². The molecule has 0 aliphatic carbocycles. The number of sulfonamides is 1. The first-order valence-electron chi connectivity index (χ1n) is 6.74. The second kappa shape index (κ2) is 6.36. The normalized spacial score (nSPS) is 21.8. The summed E-state index contributed by atoms with van der Waals surface area (Å²) in [6.45, 7) is 2.21. The lowest BCUT2D eigenvalue weighted by molar-refractivity contribution is 0.340. The van der Waals surface area contributed by atoms with Gasteiger partial charge in [-0.3, -0.25) is 0 Å². The molecule has 0 radical (unpaired) electrons. The van der Waals surface area contributed by atoms with Gasteiger partial charge in [-0.1, -0.05) is 22.9 Å². The van der Waals surface area contributed by atoms with Crippen molar-refractivity contribution < 1.29 is 16.8 Å². The zero-order valence-corrected chi connectivity index (χ0v) is 14.9. The summed E-state index contributed by atoms with van der Waals surface area (Å²) in [5.41, 5.74) is 0. The van der Waals surface area contributed by atoms with Gasteiger partial charge in [0, 0.05) is 17.1 Å². The Balaban J connectivity index is 2.35. The van der Waals surface area contributed by atoms with Crippen LogP contribution in [0.3, 0.4) is 0 Å². The molecule has 0 bridgehead atoms. The predicted octanol–water partition coefficient (Wildman–Crippen LogP) is 2.04. The Kier molecular flexibility index (Phi) is 5.12. The molecule has 0 spiro atoms. The maximum Gasteiger partial charge on any atom is 0.243 e. The number of benzene rings is 1. The fourth-order valence-corrected chi connectivity index (χ4v) is 6.30. The maximum atomic E-state index is 12.7. The Morgan fingerprint density at radius 3 is 2.38 bits per heavy atom. The van der Waals surface area contributed by atoms with Gasteiger partial charge in [0.15, 0.2) is 9.84 Å². The van der Waals surface area contributed by atoms with Crippen molar-refractivity contribution in [1.82, 2.24) is 4.31 Å². The van der Waals surface area contributed by atoms with Gasteiger partial charge in [-0.25, -0.2) is 16.8 Å². The molecule has 0 aromatic heterocycles. The zero-order valence-electron chi connectivity index (χ0n) is 11.7. The molecular formula is C13H18BrNO4S2. The topological polar surface area (TPSA) is 71.5 Å². The fourth-order valence-electron chi connectivity index (χ4n) is 2.46. The molecule has 0 N–H and O–H groups in total. The van der Waals surface area contributed by atoms with Gasteiger partial charge in [-0.15, -0.1) is 0 Å². The van der Waals surface area contributed by atoms with E-state index in [1.54, 1.807) is 12.1 Å². The van der Waals surface area contributed by atoms with Gasteiger partial charge in [-0.2, -0.15) is 4.31 Å². The molecule has 8 heteroatoms. The van der Waals surface area contributed by atoms with Crippen LogP contribution < -0.4 is 0 Å². The van der Waals surface area contributed by atoms with Crippen LogP contribution in [0.25, 0.3) is 0 Å². The van der Waals surface area contributed by atoms with Gasteiger partial charge in [0.25, 0.3) is 0 Å². The van der Waals surface area contributed by atoms with Crippen LogP contribution in [0.1, 0.15) is 19.8 Å². The number of halogens is 1. The number of hydrogen-bond acceptors (Lipinski definition) is 4. The van der Waals surface area contributed by atoms with E-state index in [4.69, 9.17) is 0 Å². The third-order valence-electron chi connectivity index (χ3n) is 3.48. The zero-order chi connectivity index (χ0) is 15.7. The minimum absolute atomic E-state index is 0.0632. The smallest absolute Gasteiger partial charge is 0.229 e. The quantitative estimate of drug-likeness (QED) is 0.764. The minimum Gasteiger partial charge on any atom is -0.229 e. The predicted molar refractivity (Wildman–Crippen MR) is 85.4 cm³/mol. The average molecular weight is 396 g/mol. The van der Waals surface area contributed by atoms with Crippen molar-refractivity contribution in [3.05, 3.63) is 28.7 Å². The first-order chi connectivity index (χ1) is 9.76. The third-order valence-corrected chi connectivity index (χ3v) is 7.72. The van der Waals surface area contributed by atoms with Crippen molar-refractivity contribution in [2.75, 3.05) is 18.1 Å². The molecule has 0 unspecified atom stereocenters. The van der Waals surface area contributed by atoms with Crippen molar-refractivity contribution in [1.29, 1.82) is 0 Å². The number of hydrogen-bond donors (Lipinski definition) is 0. The van der Waals surface area contributed by atoms with Crippen LogP contribution in [0.2, 0.25) is 0 Å². The Morgan fingerprint density at radius 2 is 1.90 bits per heavy atom. The second-order valence-corrected chi connectivity index (χ2v) is 10.2. The second-order valence-electron chi connectivity index (χ2n) is 5.13. The van der Waals surface area contributed by atoms with E-state index in [1.165, 1.54) is 16.4 Å². The maximum absolute atomic E-state index is 12.7. The summed E-state index contributed by atoms with van der Waals surface area (Å²) in [7, 11) is -6.79. The number of rotatable bonds is 5. The summed E-state index contributed by atoms with van der Waals surface area (Å²) in [5, 5.41) is 0. The van der Waals surface area contributed by atoms with Gasteiger partial charge in [0.05, 0.1) is 16.4 Å². The lowest BCUT2D eigenvalue weighted by atomic mass is 10.2. The molecule has 118 valence electrons. The minimum atomic E-state index is -3.67. The summed E-state index contributed by atoms with van der Waals surface area (Å²) in [6, 6.07) is 5.95. The molecule has 1 saturated heterocycles. The third kappa shape index (κ3) is 3.85. The molecule has 1 atom stereocenters. The van der Waals surface area contributed by atoms with Crippen LogP contribution in [0.15, 0.2) is 33.6 Å². The van der Waals surface area contributed by atoms with Gasteiger partial charge >= 0.3 is 0 Å². The fraction of sp³-hybridized carbons (Fsp3) is 0.538. The molecule has 1 aliphatic rings. The summed E-state index contributed by atoms with van der Waals surface area (Å²) in [5.74, 6) is -0.0174. The molecule has 0 amide bonds. The molecule has 0 saturated carbocycles. The summed E-state index contributed by atoms with van der Waals surface area (Å²) < 4.78 is 50.9.